The number of nitrogens with one attached hydrogen (secondary N) is 2. The number of hydrogen-bond acceptors (Lipinski definition) is 6. The fourth-order valence-corrected chi connectivity index (χ4v) is 7.35. The highest BCUT2D eigenvalue weighted by Gasteiger charge is 2.52. The number of carbonyl (C=O) groups excluding carboxylic acids is 6. The molecule has 3 rings (SSSR count). The fraction of sp³-hybridized carbons (Fsp3) is 0.778. The van der Waals surface area contributed by atoms with Crippen LogP contribution >= 0.6 is 0 Å². The maximum Gasteiger partial charge on any atom is 0.315 e. The summed E-state index contributed by atoms with van der Waals surface area (Å²) < 4.78 is 27.1. The largest absolute Gasteiger partial charge is 0.341 e. The van der Waals surface area contributed by atoms with Gasteiger partial charge in [-0.05, 0) is 54.8 Å². The zero-order valence-electron chi connectivity index (χ0n) is 29.6. The molecular weight excluding hydrogens is 622 g/mol. The smallest absolute Gasteiger partial charge is 0.315 e. The van der Waals surface area contributed by atoms with Crippen molar-refractivity contribution in [3.8, 4) is 0 Å². The third-order valence-corrected chi connectivity index (χ3v) is 10.2. The molecule has 2 N–H and O–H groups in total. The van der Waals surface area contributed by atoms with Crippen LogP contribution in [0.1, 0.15) is 106 Å². The Morgan fingerprint density at radius 3 is 2.25 bits per heavy atom. The number of Topliss-reactive ketones (excluding diaryl/α,β-unsaturated/α-hetero) is 3. The van der Waals surface area contributed by atoms with Crippen molar-refractivity contribution >= 4 is 35.2 Å². The molecule has 0 aromatic carbocycles. The van der Waals surface area contributed by atoms with Crippen molar-refractivity contribution in [3.05, 3.63) is 12.7 Å². The van der Waals surface area contributed by atoms with Gasteiger partial charge in [-0.1, -0.05) is 54.0 Å². The van der Waals surface area contributed by atoms with Gasteiger partial charge in [0.25, 0.3) is 0 Å². The van der Waals surface area contributed by atoms with E-state index in [4.69, 9.17) is 0 Å². The molecule has 0 bridgehead atoms. The van der Waals surface area contributed by atoms with Crippen LogP contribution in [0.4, 0.5) is 13.6 Å². The molecule has 6 atom stereocenters. The van der Waals surface area contributed by atoms with Gasteiger partial charge < -0.3 is 20.4 Å². The first-order chi connectivity index (χ1) is 22.3. The monoisotopic (exact) mass is 678 g/mol. The number of allylic oxidation sites excluding steroid dienone is 1. The first-order valence-corrected chi connectivity index (χ1v) is 17.5. The Balaban J connectivity index is 1.82. The number of halogens is 2. The third kappa shape index (κ3) is 10.2. The second kappa shape index (κ2) is 16.5. The molecule has 270 valence electrons. The lowest BCUT2D eigenvalue weighted by atomic mass is 9.83. The van der Waals surface area contributed by atoms with Crippen LogP contribution in [-0.2, 0) is 24.0 Å². The van der Waals surface area contributed by atoms with Crippen molar-refractivity contribution in [1.29, 1.82) is 0 Å². The molecule has 0 aromatic rings. The summed E-state index contributed by atoms with van der Waals surface area (Å²) in [5.74, 6) is -4.36. The van der Waals surface area contributed by atoms with Crippen LogP contribution in [0.3, 0.4) is 0 Å². The zero-order valence-corrected chi connectivity index (χ0v) is 29.6. The molecule has 0 radical (unpaired) electrons. The van der Waals surface area contributed by atoms with E-state index in [9.17, 15) is 37.5 Å². The second-order valence-corrected chi connectivity index (χ2v) is 16.0. The highest BCUT2D eigenvalue weighted by atomic mass is 19.3. The van der Waals surface area contributed by atoms with Gasteiger partial charge in [0.05, 0.1) is 12.1 Å². The van der Waals surface area contributed by atoms with Crippen molar-refractivity contribution in [3.63, 3.8) is 0 Å². The Kier molecular flexibility index (Phi) is 13.5. The minimum atomic E-state index is -2.89. The molecule has 2 aliphatic heterocycles. The number of rotatable bonds is 15. The number of nitrogens with zero attached hydrogens (tertiary/aromatic N) is 2. The summed E-state index contributed by atoms with van der Waals surface area (Å²) in [6.07, 6.45) is 1.70. The maximum atomic E-state index is 14.4. The first kappa shape index (κ1) is 39.3. The Hall–Kier alpha value is -3.18. The van der Waals surface area contributed by atoms with E-state index >= 15 is 0 Å². The molecule has 10 nitrogen and oxygen atoms in total. The van der Waals surface area contributed by atoms with E-state index < -0.39 is 83.4 Å². The van der Waals surface area contributed by atoms with Crippen LogP contribution in [0, 0.1) is 28.6 Å². The molecule has 0 unspecified atom stereocenters. The van der Waals surface area contributed by atoms with Crippen molar-refractivity contribution in [2.24, 2.45) is 28.6 Å². The van der Waals surface area contributed by atoms with E-state index in [0.717, 1.165) is 25.7 Å². The van der Waals surface area contributed by atoms with E-state index in [1.807, 2.05) is 41.5 Å². The van der Waals surface area contributed by atoms with Crippen LogP contribution in [0.5, 0.6) is 0 Å². The van der Waals surface area contributed by atoms with Crippen molar-refractivity contribution in [2.75, 3.05) is 19.6 Å². The average Bonchev–Trinajstić information content (AvgIpc) is 3.58. The minimum Gasteiger partial charge on any atom is -0.341 e. The minimum absolute atomic E-state index is 0.0307. The molecular formula is C36H56F2N4O6. The van der Waals surface area contributed by atoms with E-state index in [1.54, 1.807) is 4.90 Å². The van der Waals surface area contributed by atoms with E-state index in [2.05, 4.69) is 17.2 Å². The molecule has 0 aromatic heterocycles. The van der Waals surface area contributed by atoms with Gasteiger partial charge in [-0.2, -0.15) is 0 Å². The third-order valence-electron chi connectivity index (χ3n) is 10.2. The first-order valence-electron chi connectivity index (χ1n) is 17.5. The molecule has 0 spiro atoms. The van der Waals surface area contributed by atoms with Crippen molar-refractivity contribution in [1.82, 2.24) is 20.4 Å². The van der Waals surface area contributed by atoms with Gasteiger partial charge in [-0.3, -0.25) is 24.0 Å². The lowest BCUT2D eigenvalue weighted by Crippen LogP contribution is -2.61. The molecule has 48 heavy (non-hydrogen) atoms. The van der Waals surface area contributed by atoms with Crippen molar-refractivity contribution in [2.45, 2.75) is 130 Å². The molecule has 3 fully saturated rings. The summed E-state index contributed by atoms with van der Waals surface area (Å²) in [7, 11) is 0. The second-order valence-electron chi connectivity index (χ2n) is 16.0. The lowest BCUT2D eigenvalue weighted by molar-refractivity contribution is -0.144. The Labute approximate surface area is 284 Å². The van der Waals surface area contributed by atoms with Gasteiger partial charge in [0, 0.05) is 51.2 Å². The fourth-order valence-electron chi connectivity index (χ4n) is 7.35. The summed E-state index contributed by atoms with van der Waals surface area (Å²) in [5, 5.41) is 5.87. The number of alkyl halides is 2. The Morgan fingerprint density at radius 2 is 1.67 bits per heavy atom. The van der Waals surface area contributed by atoms with Crippen LogP contribution in [-0.4, -0.2) is 89.2 Å². The van der Waals surface area contributed by atoms with Gasteiger partial charge in [0.2, 0.25) is 24.0 Å². The summed E-state index contributed by atoms with van der Waals surface area (Å²) in [5.41, 5.74) is -1.18. The molecule has 2 heterocycles. The summed E-state index contributed by atoms with van der Waals surface area (Å²) in [4.78, 5) is 83.0. The molecule has 1 saturated carbocycles. The molecule has 3 aliphatic rings. The predicted octanol–water partition coefficient (Wildman–Crippen LogP) is 5.09. The van der Waals surface area contributed by atoms with Crippen LogP contribution in [0.15, 0.2) is 12.7 Å². The standard InChI is InChI=1S/C36H56F2N4O6/c1-8-9-15-25(43)31(46)23(19-28(37)38)18-26(44)30-24-14-12-13-22(24)20-42(30)33(47)32(36(5,6)7)40-34(48)39-27(35(2,3)4)21-41-17-11-10-16-29(41)45/h8,22-24,27-28,30,32H,1,9-21H2,2-7H3,(H2,39,40,48)/t22-,23-,24-,27+,30-,32+/m0/s1. The van der Waals surface area contributed by atoms with Crippen LogP contribution in [0.25, 0.3) is 0 Å². The lowest BCUT2D eigenvalue weighted by Gasteiger charge is -2.39. The predicted molar refractivity (Wildman–Crippen MR) is 178 cm³/mol. The average molecular weight is 679 g/mol. The summed E-state index contributed by atoms with van der Waals surface area (Å²) in [6.45, 7) is 16.1. The topological polar surface area (TPSA) is 133 Å². The number of likely N-dealkylation sites (tertiary alicyclic amines) is 2. The zero-order chi connectivity index (χ0) is 36.0. The van der Waals surface area contributed by atoms with Crippen LogP contribution in [0.2, 0.25) is 0 Å². The van der Waals surface area contributed by atoms with Crippen molar-refractivity contribution < 1.29 is 37.5 Å². The number of carbonyl (C=O) groups is 6. The van der Waals surface area contributed by atoms with Gasteiger partial charge in [-0.15, -0.1) is 6.58 Å². The number of amides is 4. The SMILES string of the molecule is C=CCCC(=O)C(=O)[C@@H](CC(=O)[C@@H]1[C@H]2CCC[C@H]2CN1C(=O)[C@@H](NC(=O)N[C@H](CN1CCCCC1=O)C(C)(C)C)C(C)(C)C)CC(F)F. The number of piperidine rings is 1. The number of urea groups is 1. The van der Waals surface area contributed by atoms with E-state index in [0.29, 0.717) is 25.9 Å². The maximum absolute atomic E-state index is 14.4. The Bertz CT molecular complexity index is 1230. The molecule has 12 heteroatoms. The van der Waals surface area contributed by atoms with Gasteiger partial charge in [0.15, 0.2) is 11.6 Å². The Morgan fingerprint density at radius 1 is 0.979 bits per heavy atom. The number of fused-ring (bicyclic) bond motifs is 1. The molecule has 1 aliphatic carbocycles. The van der Waals surface area contributed by atoms with E-state index in [-0.39, 0.29) is 37.1 Å². The number of hydrogen-bond donors (Lipinski definition) is 2. The normalized spacial score (nSPS) is 23.4. The van der Waals surface area contributed by atoms with Crippen LogP contribution < -0.4 is 10.6 Å². The summed E-state index contributed by atoms with van der Waals surface area (Å²) >= 11 is 0. The highest BCUT2D eigenvalue weighted by Crippen LogP contribution is 2.44. The van der Waals surface area contributed by atoms with E-state index in [1.165, 1.54) is 11.0 Å². The number of ketones is 3. The van der Waals surface area contributed by atoms with Gasteiger partial charge >= 0.3 is 6.03 Å². The molecule has 2 saturated heterocycles. The molecule has 4 amide bonds. The van der Waals surface area contributed by atoms with Gasteiger partial charge in [-0.25, -0.2) is 13.6 Å². The van der Waals surface area contributed by atoms with Gasteiger partial charge in [0.1, 0.15) is 6.04 Å². The quantitative estimate of drug-likeness (QED) is 0.183. The summed E-state index contributed by atoms with van der Waals surface area (Å²) in [6, 6.07) is -2.96. The highest BCUT2D eigenvalue weighted by molar-refractivity contribution is 6.38.